The molecule has 1 aliphatic heterocycles. The summed E-state index contributed by atoms with van der Waals surface area (Å²) in [5, 5.41) is 12.3. The predicted molar refractivity (Wildman–Crippen MR) is 106 cm³/mol. The molecule has 4 rings (SSSR count). The Balaban J connectivity index is 1.43. The Morgan fingerprint density at radius 1 is 1.11 bits per heavy atom. The number of carbonyl (C=O) groups excluding carboxylic acids is 1. The van der Waals surface area contributed by atoms with E-state index in [2.05, 4.69) is 9.88 Å². The maximum Gasteiger partial charge on any atom is 0.269 e. The molecule has 0 atom stereocenters. The van der Waals surface area contributed by atoms with Gasteiger partial charge in [-0.1, -0.05) is 22.9 Å². The quantitative estimate of drug-likeness (QED) is 0.491. The van der Waals surface area contributed by atoms with Gasteiger partial charge in [0.15, 0.2) is 5.13 Å². The lowest BCUT2D eigenvalue weighted by molar-refractivity contribution is -0.384. The van der Waals surface area contributed by atoms with E-state index in [1.165, 1.54) is 24.3 Å². The summed E-state index contributed by atoms with van der Waals surface area (Å²) in [5.74, 6) is -0.111. The van der Waals surface area contributed by atoms with Gasteiger partial charge in [0.2, 0.25) is 0 Å². The fraction of sp³-hybridized carbons (Fsp3) is 0.222. The molecule has 0 aliphatic carbocycles. The number of benzene rings is 2. The molecular formula is C18H15ClN4O3S. The van der Waals surface area contributed by atoms with Gasteiger partial charge < -0.3 is 9.80 Å². The number of thiazole rings is 1. The standard InChI is InChI=1S/C18H15ClN4O3S/c19-13-3-6-15-16(11-13)27-18(20-15)22-9-7-21(8-10-22)17(24)12-1-4-14(5-2-12)23(25)26/h1-6,11H,7-10H2. The van der Waals surface area contributed by atoms with E-state index in [1.807, 2.05) is 18.2 Å². The summed E-state index contributed by atoms with van der Waals surface area (Å²) in [6.07, 6.45) is 0. The summed E-state index contributed by atoms with van der Waals surface area (Å²) in [4.78, 5) is 31.4. The van der Waals surface area contributed by atoms with E-state index in [-0.39, 0.29) is 11.6 Å². The van der Waals surface area contributed by atoms with Gasteiger partial charge in [-0.05, 0) is 30.3 Å². The molecule has 27 heavy (non-hydrogen) atoms. The van der Waals surface area contributed by atoms with Gasteiger partial charge in [-0.2, -0.15) is 0 Å². The van der Waals surface area contributed by atoms with Crippen LogP contribution in [0.1, 0.15) is 10.4 Å². The molecule has 0 N–H and O–H groups in total. The first-order chi connectivity index (χ1) is 13.0. The van der Waals surface area contributed by atoms with Crippen LogP contribution in [0.5, 0.6) is 0 Å². The largest absolute Gasteiger partial charge is 0.345 e. The maximum absolute atomic E-state index is 12.6. The van der Waals surface area contributed by atoms with Gasteiger partial charge in [0.05, 0.1) is 15.1 Å². The number of carbonyl (C=O) groups is 1. The van der Waals surface area contributed by atoms with E-state index in [1.54, 1.807) is 16.2 Å². The van der Waals surface area contributed by atoms with Crippen LogP contribution < -0.4 is 4.90 Å². The van der Waals surface area contributed by atoms with E-state index >= 15 is 0 Å². The third-order valence-corrected chi connectivity index (χ3v) is 5.82. The molecule has 0 bridgehead atoms. The number of non-ortho nitro benzene ring substituents is 1. The lowest BCUT2D eigenvalue weighted by Crippen LogP contribution is -2.48. The average Bonchev–Trinajstić information content (AvgIpc) is 3.11. The fourth-order valence-corrected chi connectivity index (χ4v) is 4.32. The number of piperazine rings is 1. The van der Waals surface area contributed by atoms with Crippen LogP contribution in [0.25, 0.3) is 10.2 Å². The van der Waals surface area contributed by atoms with Crippen molar-refractivity contribution in [1.29, 1.82) is 0 Å². The Labute approximate surface area is 163 Å². The Bertz CT molecular complexity index is 1010. The van der Waals surface area contributed by atoms with Gasteiger partial charge in [-0.25, -0.2) is 4.98 Å². The molecule has 0 unspecified atom stereocenters. The summed E-state index contributed by atoms with van der Waals surface area (Å²) < 4.78 is 1.04. The van der Waals surface area contributed by atoms with Crippen LogP contribution in [0.3, 0.4) is 0 Å². The molecule has 138 valence electrons. The summed E-state index contributed by atoms with van der Waals surface area (Å²) >= 11 is 7.63. The van der Waals surface area contributed by atoms with E-state index in [9.17, 15) is 14.9 Å². The minimum atomic E-state index is -0.474. The fourth-order valence-electron chi connectivity index (χ4n) is 3.03. The number of hydrogen-bond donors (Lipinski definition) is 0. The monoisotopic (exact) mass is 402 g/mol. The third-order valence-electron chi connectivity index (χ3n) is 4.50. The van der Waals surface area contributed by atoms with Gasteiger partial charge in [-0.3, -0.25) is 14.9 Å². The number of halogens is 1. The number of nitrogens with zero attached hydrogens (tertiary/aromatic N) is 4. The van der Waals surface area contributed by atoms with Crippen LogP contribution in [0.15, 0.2) is 42.5 Å². The smallest absolute Gasteiger partial charge is 0.269 e. The predicted octanol–water partition coefficient (Wildman–Crippen LogP) is 3.82. The van der Waals surface area contributed by atoms with Crippen LogP contribution in [-0.4, -0.2) is 46.9 Å². The van der Waals surface area contributed by atoms with E-state index in [0.29, 0.717) is 36.8 Å². The molecule has 2 aromatic carbocycles. The van der Waals surface area contributed by atoms with Crippen molar-refractivity contribution in [3.05, 3.63) is 63.2 Å². The number of rotatable bonds is 3. The summed E-state index contributed by atoms with van der Waals surface area (Å²) in [7, 11) is 0. The van der Waals surface area contributed by atoms with Crippen molar-refractivity contribution in [2.24, 2.45) is 0 Å². The van der Waals surface area contributed by atoms with E-state index in [4.69, 9.17) is 11.6 Å². The van der Waals surface area contributed by atoms with E-state index < -0.39 is 4.92 Å². The number of hydrogen-bond acceptors (Lipinski definition) is 6. The number of anilines is 1. The first-order valence-corrected chi connectivity index (χ1v) is 9.55. The van der Waals surface area contributed by atoms with Crippen molar-refractivity contribution in [3.63, 3.8) is 0 Å². The lowest BCUT2D eigenvalue weighted by Gasteiger charge is -2.34. The molecule has 1 aliphatic rings. The molecule has 7 nitrogen and oxygen atoms in total. The second kappa shape index (κ2) is 7.13. The Hall–Kier alpha value is -2.71. The second-order valence-electron chi connectivity index (χ2n) is 6.19. The average molecular weight is 403 g/mol. The topological polar surface area (TPSA) is 79.6 Å². The number of nitro benzene ring substituents is 1. The first-order valence-electron chi connectivity index (χ1n) is 8.36. The number of amides is 1. The first kappa shape index (κ1) is 17.7. The van der Waals surface area contributed by atoms with Gasteiger partial charge in [0, 0.05) is 48.9 Å². The summed E-state index contributed by atoms with van der Waals surface area (Å²) in [6, 6.07) is 11.4. The third kappa shape index (κ3) is 3.58. The van der Waals surface area contributed by atoms with Crippen LogP contribution in [-0.2, 0) is 0 Å². The Morgan fingerprint density at radius 3 is 2.48 bits per heavy atom. The highest BCUT2D eigenvalue weighted by molar-refractivity contribution is 7.22. The zero-order valence-electron chi connectivity index (χ0n) is 14.2. The molecule has 3 aromatic rings. The molecule has 9 heteroatoms. The summed E-state index contributed by atoms with van der Waals surface area (Å²) in [6.45, 7) is 2.53. The molecule has 1 saturated heterocycles. The summed E-state index contributed by atoms with van der Waals surface area (Å²) in [5.41, 5.74) is 1.36. The molecule has 1 aromatic heterocycles. The molecule has 0 radical (unpaired) electrons. The molecule has 0 spiro atoms. The minimum Gasteiger partial charge on any atom is -0.345 e. The van der Waals surface area contributed by atoms with Crippen molar-refractivity contribution in [2.75, 3.05) is 31.1 Å². The molecule has 1 amide bonds. The van der Waals surface area contributed by atoms with E-state index in [0.717, 1.165) is 15.3 Å². The maximum atomic E-state index is 12.6. The Kier molecular flexibility index (Phi) is 4.67. The zero-order chi connectivity index (χ0) is 19.0. The molecular weight excluding hydrogens is 388 g/mol. The van der Waals surface area contributed by atoms with Crippen molar-refractivity contribution < 1.29 is 9.72 Å². The highest BCUT2D eigenvalue weighted by Crippen LogP contribution is 2.31. The van der Waals surface area contributed by atoms with Crippen LogP contribution in [0, 0.1) is 10.1 Å². The highest BCUT2D eigenvalue weighted by atomic mass is 35.5. The lowest BCUT2D eigenvalue weighted by atomic mass is 10.1. The highest BCUT2D eigenvalue weighted by Gasteiger charge is 2.24. The molecule has 2 heterocycles. The number of fused-ring (bicyclic) bond motifs is 1. The van der Waals surface area contributed by atoms with Gasteiger partial charge in [0.1, 0.15) is 0 Å². The van der Waals surface area contributed by atoms with Crippen molar-refractivity contribution in [2.45, 2.75) is 0 Å². The molecule has 0 saturated carbocycles. The van der Waals surface area contributed by atoms with Crippen molar-refractivity contribution in [1.82, 2.24) is 9.88 Å². The molecule has 1 fully saturated rings. The normalized spacial score (nSPS) is 14.6. The van der Waals surface area contributed by atoms with Gasteiger partial charge >= 0.3 is 0 Å². The second-order valence-corrected chi connectivity index (χ2v) is 7.64. The number of aromatic nitrogens is 1. The minimum absolute atomic E-state index is 0.0210. The van der Waals surface area contributed by atoms with Crippen LogP contribution >= 0.6 is 22.9 Å². The van der Waals surface area contributed by atoms with Crippen LogP contribution in [0.2, 0.25) is 5.02 Å². The number of nitro groups is 1. The van der Waals surface area contributed by atoms with Crippen molar-refractivity contribution >= 4 is 49.9 Å². The van der Waals surface area contributed by atoms with Gasteiger partial charge in [0.25, 0.3) is 11.6 Å². The van der Waals surface area contributed by atoms with Gasteiger partial charge in [-0.15, -0.1) is 0 Å². The zero-order valence-corrected chi connectivity index (χ0v) is 15.7. The van der Waals surface area contributed by atoms with Crippen molar-refractivity contribution in [3.8, 4) is 0 Å². The van der Waals surface area contributed by atoms with Crippen LogP contribution in [0.4, 0.5) is 10.8 Å². The SMILES string of the molecule is O=C(c1ccc([N+](=O)[O-])cc1)N1CCN(c2nc3ccc(Cl)cc3s2)CC1. The Morgan fingerprint density at radius 2 is 1.81 bits per heavy atom.